The number of hydrazine groups is 3. The van der Waals surface area contributed by atoms with Gasteiger partial charge in [-0.1, -0.05) is 91.0 Å². The topological polar surface area (TPSA) is 343 Å². The third kappa shape index (κ3) is 14.4. The minimum Gasteiger partial charge on any atom is -0.324 e. The quantitative estimate of drug-likeness (QED) is 0.0263. The smallest absolute Gasteiger partial charge is 0.229 e. The average Bonchev–Trinajstić information content (AvgIpc) is 3.95. The molecule has 0 aliphatic heterocycles. The third-order valence-corrected chi connectivity index (χ3v) is 11.9. The van der Waals surface area contributed by atoms with Crippen LogP contribution in [-0.4, -0.2) is 67.6 Å². The number of aromatic nitrogens is 10. The molecular weight excluding hydrogens is 1030 g/mol. The fourth-order valence-electron chi connectivity index (χ4n) is 7.91. The first-order chi connectivity index (χ1) is 40.2. The largest absolute Gasteiger partial charge is 0.324 e. The molecule has 23 nitrogen and oxygen atoms in total. The van der Waals surface area contributed by atoms with E-state index in [1.165, 1.54) is 12.7 Å². The van der Waals surface area contributed by atoms with Gasteiger partial charge in [0.25, 0.3) is 0 Å². The summed E-state index contributed by atoms with van der Waals surface area (Å²) in [5, 5.41) is 30.6. The van der Waals surface area contributed by atoms with E-state index in [-0.39, 0.29) is 0 Å². The van der Waals surface area contributed by atoms with Crippen LogP contribution in [0.25, 0.3) is 54.5 Å². The molecular formula is C59H55N23. The highest BCUT2D eigenvalue weighted by Gasteiger charge is 2.13. The van der Waals surface area contributed by atoms with E-state index in [9.17, 15) is 0 Å². The number of para-hydroxylation sites is 6. The summed E-state index contributed by atoms with van der Waals surface area (Å²) in [6.07, 6.45) is 3.37. The summed E-state index contributed by atoms with van der Waals surface area (Å²) in [4.78, 5) is 47.7. The van der Waals surface area contributed by atoms with E-state index < -0.39 is 0 Å². The van der Waals surface area contributed by atoms with Crippen molar-refractivity contribution >= 4 is 124 Å². The second kappa shape index (κ2) is 27.2. The number of H-pyrrole nitrogens is 1. The number of aliphatic imine (C=N–C) groups is 3. The van der Waals surface area contributed by atoms with Crippen molar-refractivity contribution in [2.24, 2.45) is 32.5 Å². The van der Waals surface area contributed by atoms with Gasteiger partial charge in [0.1, 0.15) is 36.0 Å². The summed E-state index contributed by atoms with van der Waals surface area (Å²) in [6.45, 7) is 5.33. The standard InChI is InChI=1S/C23H17N7.C16H16N6.2C10H11N5/c24-14-13-15-9-11-16(12-10-15)25-23-26-19-7-3-1-5-17(19)21(28-23)27-22-18-6-2-4-8-20(18)29-30-22;1-11(22-17)18-15-13-9-5-6-10-14(13)20-16(21-15)19-12-7-3-2-4-8-12;2*1-7(15-11)14-10-8-4-2-3-5-9(8)12-6-13-10/h1-12H,13H2,(H3,25,26,27,28,29,30);2-10H,17H2,1H3,(H2,18,19,20,21,22);2*2-6H,11H2,1H3,(H,12,13,14,15). The minimum absolute atomic E-state index is 0.387. The molecule has 12 rings (SSSR count). The van der Waals surface area contributed by atoms with Gasteiger partial charge in [0.2, 0.25) is 11.9 Å². The van der Waals surface area contributed by atoms with Crippen molar-refractivity contribution in [1.29, 1.82) is 5.26 Å². The SMILES string of the molecule is CC(=Nc1nc(Nc2ccccc2)nc2ccccc12)NN.CC(=Nc1ncnc2ccccc12)NN.CC(=Nc1ncnc2ccccc12)NN.N#CCc1ccc(Nc2nc(Nc3n[nH]c4ccccc34)c3ccccc3n2)cc1. The lowest BCUT2D eigenvalue weighted by Crippen LogP contribution is -2.27. The molecule has 23 heteroatoms. The molecule has 0 radical (unpaired) electrons. The van der Waals surface area contributed by atoms with Crippen molar-refractivity contribution in [3.8, 4) is 6.07 Å². The Labute approximate surface area is 470 Å². The lowest BCUT2D eigenvalue weighted by atomic mass is 10.1. The van der Waals surface area contributed by atoms with Crippen LogP contribution in [-0.2, 0) is 6.42 Å². The molecule has 0 atom stereocenters. The fraction of sp³-hybridized carbons (Fsp3) is 0.0678. The number of fused-ring (bicyclic) bond motifs is 5. The maximum Gasteiger partial charge on any atom is 0.229 e. The van der Waals surface area contributed by atoms with Crippen LogP contribution < -0.4 is 49.8 Å². The van der Waals surface area contributed by atoms with Crippen molar-refractivity contribution in [3.63, 3.8) is 0 Å². The first-order valence-electron chi connectivity index (χ1n) is 25.4. The van der Waals surface area contributed by atoms with Crippen LogP contribution in [0, 0.1) is 11.3 Å². The summed E-state index contributed by atoms with van der Waals surface area (Å²) < 4.78 is 0. The van der Waals surface area contributed by atoms with Gasteiger partial charge in [-0.15, -0.1) is 0 Å². The number of rotatable bonds is 10. The Bertz CT molecular complexity index is 4150. The van der Waals surface area contributed by atoms with Crippen molar-refractivity contribution in [2.45, 2.75) is 27.2 Å². The number of nitriles is 1. The van der Waals surface area contributed by atoms with Gasteiger partial charge < -0.3 is 32.2 Å². The van der Waals surface area contributed by atoms with Crippen LogP contribution in [0.5, 0.6) is 0 Å². The van der Waals surface area contributed by atoms with Gasteiger partial charge in [-0.2, -0.15) is 20.3 Å². The van der Waals surface area contributed by atoms with Crippen LogP contribution in [0.2, 0.25) is 0 Å². The number of hydrogen-bond donors (Lipinski definition) is 10. The first-order valence-corrected chi connectivity index (χ1v) is 25.4. The highest BCUT2D eigenvalue weighted by Crippen LogP contribution is 2.30. The number of hydrogen-bond acceptors (Lipinski definition) is 19. The number of nitrogens with one attached hydrogen (secondary N) is 7. The Morgan fingerprint density at radius 2 is 0.878 bits per heavy atom. The Balaban J connectivity index is 0.000000138. The number of amidine groups is 3. The molecule has 0 aliphatic carbocycles. The number of nitrogens with zero attached hydrogens (tertiary/aromatic N) is 13. The molecule has 0 amide bonds. The van der Waals surface area contributed by atoms with Gasteiger partial charge >= 0.3 is 0 Å². The van der Waals surface area contributed by atoms with E-state index in [2.05, 4.69) is 98.4 Å². The monoisotopic (exact) mass is 1090 g/mol. The van der Waals surface area contributed by atoms with Crippen molar-refractivity contribution < 1.29 is 0 Å². The zero-order chi connectivity index (χ0) is 57.0. The number of benzene rings is 7. The Morgan fingerprint density at radius 3 is 1.43 bits per heavy atom. The van der Waals surface area contributed by atoms with Gasteiger partial charge in [-0.05, 0) is 111 Å². The summed E-state index contributed by atoms with van der Waals surface area (Å²) in [5.41, 5.74) is 14.5. The van der Waals surface area contributed by atoms with Gasteiger partial charge in [0.15, 0.2) is 23.3 Å². The molecule has 0 unspecified atom stereocenters. The lowest BCUT2D eigenvalue weighted by molar-refractivity contribution is 1.01. The zero-order valence-corrected chi connectivity index (χ0v) is 44.7. The molecule has 0 bridgehead atoms. The highest BCUT2D eigenvalue weighted by atomic mass is 15.3. The normalized spacial score (nSPS) is 11.3. The maximum atomic E-state index is 8.83. The molecule has 0 spiro atoms. The predicted molar refractivity (Wildman–Crippen MR) is 327 cm³/mol. The van der Waals surface area contributed by atoms with E-state index in [1.807, 2.05) is 176 Å². The molecule has 13 N–H and O–H groups in total. The van der Waals surface area contributed by atoms with Crippen LogP contribution in [0.15, 0.2) is 204 Å². The first kappa shape index (κ1) is 55.3. The van der Waals surface area contributed by atoms with E-state index in [0.717, 1.165) is 71.5 Å². The zero-order valence-electron chi connectivity index (χ0n) is 44.7. The Morgan fingerprint density at radius 1 is 0.439 bits per heavy atom. The molecule has 7 aromatic carbocycles. The van der Waals surface area contributed by atoms with Gasteiger partial charge in [0.05, 0.1) is 40.1 Å². The van der Waals surface area contributed by atoms with Crippen LogP contribution >= 0.6 is 0 Å². The summed E-state index contributed by atoms with van der Waals surface area (Å²) in [7, 11) is 0. The van der Waals surface area contributed by atoms with Crippen LogP contribution in [0.3, 0.4) is 0 Å². The highest BCUT2D eigenvalue weighted by molar-refractivity contribution is 5.98. The molecule has 406 valence electrons. The Hall–Kier alpha value is -11.5. The molecule has 5 aromatic heterocycles. The minimum atomic E-state index is 0.387. The van der Waals surface area contributed by atoms with Crippen molar-refractivity contribution in [3.05, 3.63) is 194 Å². The summed E-state index contributed by atoms with van der Waals surface area (Å²) in [6, 6.07) is 58.5. The molecule has 82 heavy (non-hydrogen) atoms. The summed E-state index contributed by atoms with van der Waals surface area (Å²) >= 11 is 0. The molecule has 0 saturated carbocycles. The van der Waals surface area contributed by atoms with Crippen LogP contribution in [0.1, 0.15) is 26.3 Å². The summed E-state index contributed by atoms with van der Waals surface area (Å²) in [5.74, 6) is 21.8. The fourth-order valence-corrected chi connectivity index (χ4v) is 7.91. The predicted octanol–water partition coefficient (Wildman–Crippen LogP) is 10.2. The molecule has 0 fully saturated rings. The van der Waals surface area contributed by atoms with E-state index in [4.69, 9.17) is 27.8 Å². The van der Waals surface area contributed by atoms with Gasteiger partial charge in [-0.25, -0.2) is 62.4 Å². The average molecular weight is 1090 g/mol. The Kier molecular flexibility index (Phi) is 18.4. The van der Waals surface area contributed by atoms with Gasteiger partial charge in [0, 0.05) is 38.3 Å². The van der Waals surface area contributed by atoms with Crippen LogP contribution in [0.4, 0.5) is 52.4 Å². The molecule has 12 aromatic rings. The van der Waals surface area contributed by atoms with E-state index in [1.54, 1.807) is 20.8 Å². The lowest BCUT2D eigenvalue weighted by Gasteiger charge is -2.11. The third-order valence-electron chi connectivity index (χ3n) is 11.9. The van der Waals surface area contributed by atoms with Crippen molar-refractivity contribution in [2.75, 3.05) is 16.0 Å². The second-order valence-electron chi connectivity index (χ2n) is 17.6. The molecule has 0 saturated heterocycles. The van der Waals surface area contributed by atoms with E-state index >= 15 is 0 Å². The second-order valence-corrected chi connectivity index (χ2v) is 17.6. The van der Waals surface area contributed by atoms with E-state index in [0.29, 0.717) is 64.9 Å². The molecule has 5 heterocycles. The van der Waals surface area contributed by atoms with Gasteiger partial charge in [-0.3, -0.25) is 5.10 Å². The number of aromatic amines is 1. The molecule has 0 aliphatic rings. The number of nitrogens with two attached hydrogens (primary N) is 3. The number of anilines is 6. The maximum absolute atomic E-state index is 8.83. The van der Waals surface area contributed by atoms with Crippen molar-refractivity contribution in [1.82, 2.24) is 66.3 Å².